The summed E-state index contributed by atoms with van der Waals surface area (Å²) >= 11 is 0. The zero-order chi connectivity index (χ0) is 27.7. The Morgan fingerprint density at radius 1 is 0.868 bits per heavy atom. The number of anilines is 1. The molecular weight excluding hydrogens is 500 g/mol. The molecule has 0 aliphatic carbocycles. The molecule has 0 fully saturated rings. The van der Waals surface area contributed by atoms with Crippen LogP contribution >= 0.6 is 0 Å². The molecule has 8 nitrogen and oxygen atoms in total. The number of nitrogens with zero attached hydrogens (tertiary/aromatic N) is 4. The lowest BCUT2D eigenvalue weighted by Gasteiger charge is -2.28. The molecule has 2 aromatic carbocycles. The molecule has 0 N–H and O–H groups in total. The predicted molar refractivity (Wildman–Crippen MR) is 152 cm³/mol. The van der Waals surface area contributed by atoms with Gasteiger partial charge >= 0.3 is 0 Å². The number of carbonyl (C=O) groups is 1. The van der Waals surface area contributed by atoms with Crippen molar-refractivity contribution >= 4 is 21.7 Å². The molecule has 9 heteroatoms. The number of hydrogen-bond acceptors (Lipinski definition) is 7. The van der Waals surface area contributed by atoms with Crippen molar-refractivity contribution in [3.8, 4) is 22.5 Å². The van der Waals surface area contributed by atoms with Crippen molar-refractivity contribution in [2.45, 2.75) is 52.6 Å². The topological polar surface area (TPSA) is 92.7 Å². The van der Waals surface area contributed by atoms with Gasteiger partial charge in [-0.1, -0.05) is 60.7 Å². The van der Waals surface area contributed by atoms with E-state index in [2.05, 4.69) is 18.7 Å². The highest BCUT2D eigenvalue weighted by molar-refractivity contribution is 7.88. The molecular formula is C29H38N4O4S. The van der Waals surface area contributed by atoms with Crippen LogP contribution in [0.25, 0.3) is 22.5 Å². The van der Waals surface area contributed by atoms with Crippen LogP contribution in [0.5, 0.6) is 0 Å². The third kappa shape index (κ3) is 7.85. The molecule has 0 atom stereocenters. The first-order valence-electron chi connectivity index (χ1n) is 12.9. The SMILES string of the molecule is CC(C)N(CCCCOCC(=O)N(C(C)C)S(C)(=O)=O)c1cnc(-c2ccccc2)c(-c2ccccc2)n1. The summed E-state index contributed by atoms with van der Waals surface area (Å²) in [5.41, 5.74) is 3.70. The largest absolute Gasteiger partial charge is 0.372 e. The van der Waals surface area contributed by atoms with E-state index < -0.39 is 22.0 Å². The Labute approximate surface area is 226 Å². The number of carbonyl (C=O) groups excluding carboxylic acids is 1. The van der Waals surface area contributed by atoms with Crippen LogP contribution < -0.4 is 4.90 Å². The number of aromatic nitrogens is 2. The molecule has 1 amide bonds. The summed E-state index contributed by atoms with van der Waals surface area (Å²) in [5, 5.41) is 0. The molecule has 38 heavy (non-hydrogen) atoms. The highest BCUT2D eigenvalue weighted by Crippen LogP contribution is 2.31. The Kier molecular flexibility index (Phi) is 10.4. The Morgan fingerprint density at radius 3 is 1.97 bits per heavy atom. The summed E-state index contributed by atoms with van der Waals surface area (Å²) in [7, 11) is -3.62. The normalized spacial score (nSPS) is 11.7. The molecule has 1 heterocycles. The average molecular weight is 539 g/mol. The molecule has 0 spiro atoms. The summed E-state index contributed by atoms with van der Waals surface area (Å²) in [6, 6.07) is 19.9. The zero-order valence-electron chi connectivity index (χ0n) is 22.9. The first-order chi connectivity index (χ1) is 18.1. The van der Waals surface area contributed by atoms with Crippen molar-refractivity contribution in [3.63, 3.8) is 0 Å². The van der Waals surface area contributed by atoms with Crippen LogP contribution in [-0.4, -0.2) is 66.7 Å². The number of benzene rings is 2. The molecule has 3 aromatic rings. The Hall–Kier alpha value is -3.30. The average Bonchev–Trinajstić information content (AvgIpc) is 2.87. The van der Waals surface area contributed by atoms with Crippen molar-refractivity contribution in [1.29, 1.82) is 0 Å². The van der Waals surface area contributed by atoms with Crippen molar-refractivity contribution < 1.29 is 17.9 Å². The second-order valence-electron chi connectivity index (χ2n) is 9.75. The zero-order valence-corrected chi connectivity index (χ0v) is 23.7. The fourth-order valence-corrected chi connectivity index (χ4v) is 5.51. The van der Waals surface area contributed by atoms with E-state index in [1.807, 2.05) is 66.9 Å². The maximum absolute atomic E-state index is 12.3. The number of unbranched alkanes of at least 4 members (excludes halogenated alkanes) is 1. The van der Waals surface area contributed by atoms with Gasteiger partial charge in [0.25, 0.3) is 5.91 Å². The second-order valence-corrected chi connectivity index (χ2v) is 11.6. The minimum atomic E-state index is -3.62. The van der Waals surface area contributed by atoms with E-state index >= 15 is 0 Å². The third-order valence-electron chi connectivity index (χ3n) is 6.01. The summed E-state index contributed by atoms with van der Waals surface area (Å²) in [5.74, 6) is 0.254. The van der Waals surface area contributed by atoms with Gasteiger partial charge in [0.1, 0.15) is 12.4 Å². The number of sulfonamides is 1. The lowest BCUT2D eigenvalue weighted by Crippen LogP contribution is -2.43. The summed E-state index contributed by atoms with van der Waals surface area (Å²) in [4.78, 5) is 24.4. The lowest BCUT2D eigenvalue weighted by molar-refractivity contribution is -0.132. The number of ether oxygens (including phenoxy) is 1. The van der Waals surface area contributed by atoms with Crippen molar-refractivity contribution in [1.82, 2.24) is 14.3 Å². The van der Waals surface area contributed by atoms with E-state index in [9.17, 15) is 13.2 Å². The van der Waals surface area contributed by atoms with Crippen LogP contribution in [0.15, 0.2) is 66.9 Å². The standard InChI is InChI=1S/C29H38N4O4S/c1-22(2)32(18-12-13-19-37-21-27(34)33(23(3)4)38(5,35)36)26-20-30-28(24-14-8-6-9-15-24)29(31-26)25-16-10-7-11-17-25/h6-11,14-17,20,22-23H,12-13,18-19,21H2,1-5H3. The summed E-state index contributed by atoms with van der Waals surface area (Å²) in [6.45, 7) is 8.42. The molecule has 3 rings (SSSR count). The molecule has 204 valence electrons. The van der Waals surface area contributed by atoms with E-state index in [4.69, 9.17) is 14.7 Å². The van der Waals surface area contributed by atoms with Gasteiger partial charge in [0.2, 0.25) is 10.0 Å². The highest BCUT2D eigenvalue weighted by Gasteiger charge is 2.26. The smallest absolute Gasteiger partial charge is 0.262 e. The van der Waals surface area contributed by atoms with Gasteiger partial charge in [-0.3, -0.25) is 9.78 Å². The minimum absolute atomic E-state index is 0.201. The molecule has 0 aliphatic heterocycles. The molecule has 0 saturated carbocycles. The van der Waals surface area contributed by atoms with Crippen molar-refractivity contribution in [3.05, 3.63) is 66.9 Å². The molecule has 0 bridgehead atoms. The molecule has 0 saturated heterocycles. The van der Waals surface area contributed by atoms with Gasteiger partial charge in [-0.15, -0.1) is 0 Å². The quantitative estimate of drug-likeness (QED) is 0.282. The van der Waals surface area contributed by atoms with Crippen LogP contribution in [-0.2, 0) is 19.6 Å². The Morgan fingerprint density at radius 2 is 1.45 bits per heavy atom. The van der Waals surface area contributed by atoms with Gasteiger partial charge in [0, 0.05) is 36.4 Å². The molecule has 0 aliphatic rings. The summed E-state index contributed by atoms with van der Waals surface area (Å²) in [6.07, 6.45) is 4.40. The van der Waals surface area contributed by atoms with Gasteiger partial charge in [-0.2, -0.15) is 0 Å². The molecule has 0 unspecified atom stereocenters. The monoisotopic (exact) mass is 538 g/mol. The number of amides is 1. The lowest BCUT2D eigenvalue weighted by atomic mass is 10.0. The molecule has 0 radical (unpaired) electrons. The van der Waals surface area contributed by atoms with Gasteiger partial charge in [-0.05, 0) is 40.5 Å². The van der Waals surface area contributed by atoms with Crippen LogP contribution in [0.3, 0.4) is 0 Å². The van der Waals surface area contributed by atoms with E-state index in [0.717, 1.165) is 58.3 Å². The Balaban J connectivity index is 1.66. The predicted octanol–water partition coefficient (Wildman–Crippen LogP) is 5.02. The van der Waals surface area contributed by atoms with E-state index in [1.165, 1.54) is 0 Å². The van der Waals surface area contributed by atoms with Gasteiger partial charge in [0.15, 0.2) is 0 Å². The van der Waals surface area contributed by atoms with E-state index in [1.54, 1.807) is 13.8 Å². The number of hydrogen-bond donors (Lipinski definition) is 0. The van der Waals surface area contributed by atoms with Gasteiger partial charge in [-0.25, -0.2) is 17.7 Å². The third-order valence-corrected chi connectivity index (χ3v) is 7.35. The maximum atomic E-state index is 12.3. The van der Waals surface area contributed by atoms with Crippen molar-refractivity contribution in [2.75, 3.05) is 30.9 Å². The maximum Gasteiger partial charge on any atom is 0.262 e. The van der Waals surface area contributed by atoms with E-state index in [0.29, 0.717) is 6.61 Å². The fourth-order valence-electron chi connectivity index (χ4n) is 4.33. The van der Waals surface area contributed by atoms with Crippen LogP contribution in [0, 0.1) is 0 Å². The summed E-state index contributed by atoms with van der Waals surface area (Å²) < 4.78 is 30.1. The van der Waals surface area contributed by atoms with Crippen molar-refractivity contribution in [2.24, 2.45) is 0 Å². The Bertz CT molecular complexity index is 1280. The first-order valence-corrected chi connectivity index (χ1v) is 14.8. The minimum Gasteiger partial charge on any atom is -0.372 e. The van der Waals surface area contributed by atoms with Crippen LogP contribution in [0.2, 0.25) is 0 Å². The van der Waals surface area contributed by atoms with E-state index in [-0.39, 0.29) is 12.6 Å². The second kappa shape index (κ2) is 13.5. The van der Waals surface area contributed by atoms with Gasteiger partial charge in [0.05, 0.1) is 23.8 Å². The van der Waals surface area contributed by atoms with Crippen LogP contribution in [0.1, 0.15) is 40.5 Å². The highest BCUT2D eigenvalue weighted by atomic mass is 32.2. The first kappa shape index (κ1) is 29.3. The number of rotatable bonds is 13. The fraction of sp³-hybridized carbons (Fsp3) is 0.414. The molecule has 1 aromatic heterocycles. The van der Waals surface area contributed by atoms with Gasteiger partial charge < -0.3 is 9.64 Å². The van der Waals surface area contributed by atoms with Crippen LogP contribution in [0.4, 0.5) is 5.82 Å².